The molecule has 2 aromatic heterocycles. The summed E-state index contributed by atoms with van der Waals surface area (Å²) in [6, 6.07) is 11.4. The van der Waals surface area contributed by atoms with Gasteiger partial charge in [0.05, 0.1) is 26.7 Å². The normalized spacial score (nSPS) is 17.9. The van der Waals surface area contributed by atoms with Gasteiger partial charge in [0.1, 0.15) is 34.8 Å². The third-order valence-corrected chi connectivity index (χ3v) is 12.4. The van der Waals surface area contributed by atoms with Crippen molar-refractivity contribution in [3.8, 4) is 5.75 Å². The van der Waals surface area contributed by atoms with E-state index in [2.05, 4.69) is 59.0 Å². The van der Waals surface area contributed by atoms with Gasteiger partial charge in [-0.25, -0.2) is 23.5 Å². The number of fused-ring (bicyclic) bond motifs is 1. The number of piperidine rings is 1. The highest BCUT2D eigenvalue weighted by molar-refractivity contribution is 7.84. The molecule has 5 heterocycles. The first kappa shape index (κ1) is 43.1. The SMILES string of the molecule is CCc1cccc(Cl)c1NC.Cc1nc(Nc2ncc(C=O)s2)cc(N2CCCN(CCNC(=O)COc3cccc4c3C(=O)N(C3CCC(=O)NC3=O)S4=O)CC2)n1. The monoisotopic (exact) mass is 864 g/mol. The summed E-state index contributed by atoms with van der Waals surface area (Å²) in [6.45, 7) is 7.71. The molecule has 4 N–H and O–H groups in total. The number of amides is 4. The van der Waals surface area contributed by atoms with E-state index >= 15 is 0 Å². The number of carbonyl (C=O) groups excluding carboxylic acids is 5. The molecule has 2 aromatic carbocycles. The van der Waals surface area contributed by atoms with Crippen LogP contribution in [-0.4, -0.2) is 117 Å². The standard InChI is InChI=1S/C30H33N9O7S2.C9H12ClN/c1-18-33-23(35-30-32-15-19(16-40)47-30)14-24(34-18)38-10-3-9-37(12-13-38)11-8-31-26(42)17-46-21-4-2-5-22-27(21)29(44)39(48(22)45)20-6-7-25(41)36-28(20)43;1-3-7-5-4-6-8(10)9(7)11-2/h2,4-5,14-16,20H,3,6-13,17H2,1H3,(H,31,42)(H,36,41,43)(H,32,33,34,35);4-6,11H,3H2,1-2H3. The van der Waals surface area contributed by atoms with Gasteiger partial charge in [0.2, 0.25) is 5.91 Å². The summed E-state index contributed by atoms with van der Waals surface area (Å²) in [5.41, 5.74) is 2.36. The van der Waals surface area contributed by atoms with Crippen LogP contribution in [0.1, 0.15) is 57.6 Å². The van der Waals surface area contributed by atoms with Gasteiger partial charge in [-0.15, -0.1) is 0 Å². The minimum absolute atomic E-state index is 0.0349. The Hall–Kier alpha value is -5.50. The maximum absolute atomic E-state index is 13.3. The third kappa shape index (κ3) is 10.6. The van der Waals surface area contributed by atoms with Crippen LogP contribution >= 0.6 is 22.9 Å². The maximum Gasteiger partial charge on any atom is 0.271 e. The largest absolute Gasteiger partial charge is 0.483 e. The Balaban J connectivity index is 0.000000461. The molecule has 4 aromatic rings. The van der Waals surface area contributed by atoms with Crippen molar-refractivity contribution in [1.29, 1.82) is 0 Å². The summed E-state index contributed by atoms with van der Waals surface area (Å²) < 4.78 is 19.8. The Kier molecular flexibility index (Phi) is 14.6. The number of thiazole rings is 1. The molecule has 2 atom stereocenters. The van der Waals surface area contributed by atoms with E-state index < -0.39 is 34.7 Å². The van der Waals surface area contributed by atoms with Crippen molar-refractivity contribution in [1.82, 2.24) is 34.8 Å². The van der Waals surface area contributed by atoms with E-state index in [1.165, 1.54) is 35.2 Å². The fourth-order valence-corrected chi connectivity index (χ4v) is 9.21. The van der Waals surface area contributed by atoms with Gasteiger partial charge >= 0.3 is 0 Å². The molecule has 2 fully saturated rings. The number of nitrogens with zero attached hydrogens (tertiary/aromatic N) is 6. The van der Waals surface area contributed by atoms with E-state index in [4.69, 9.17) is 16.3 Å². The number of rotatable bonds is 13. The number of anilines is 4. The van der Waals surface area contributed by atoms with Crippen molar-refractivity contribution in [2.45, 2.75) is 50.5 Å². The van der Waals surface area contributed by atoms with E-state index in [1.54, 1.807) is 6.07 Å². The third-order valence-electron chi connectivity index (χ3n) is 9.71. The van der Waals surface area contributed by atoms with Crippen molar-refractivity contribution in [2.24, 2.45) is 0 Å². The molecule has 312 valence electrons. The van der Waals surface area contributed by atoms with Gasteiger partial charge < -0.3 is 25.6 Å². The van der Waals surface area contributed by atoms with Gasteiger partial charge in [-0.3, -0.25) is 34.2 Å². The molecular formula is C39H45ClN10O7S2. The topological polar surface area (TPSA) is 208 Å². The Morgan fingerprint density at radius 2 is 1.93 bits per heavy atom. The van der Waals surface area contributed by atoms with Crippen LogP contribution < -0.4 is 30.9 Å². The van der Waals surface area contributed by atoms with Crippen LogP contribution in [0.25, 0.3) is 0 Å². The summed E-state index contributed by atoms with van der Waals surface area (Å²) in [5.74, 6) is -0.0512. The van der Waals surface area contributed by atoms with Crippen molar-refractivity contribution >= 4 is 86.3 Å². The summed E-state index contributed by atoms with van der Waals surface area (Å²) in [5, 5.41) is 12.6. The predicted octanol–water partition coefficient (Wildman–Crippen LogP) is 3.73. The first-order chi connectivity index (χ1) is 28.5. The number of benzene rings is 2. The number of aryl methyl sites for hydroxylation is 2. The number of ether oxygens (including phenoxy) is 1. The zero-order valence-electron chi connectivity index (χ0n) is 32.8. The average Bonchev–Trinajstić information content (AvgIpc) is 3.68. The molecule has 0 radical (unpaired) electrons. The number of imide groups is 1. The highest BCUT2D eigenvalue weighted by atomic mass is 35.5. The van der Waals surface area contributed by atoms with Crippen molar-refractivity contribution in [3.63, 3.8) is 0 Å². The first-order valence-electron chi connectivity index (χ1n) is 19.1. The molecule has 2 unspecified atom stereocenters. The van der Waals surface area contributed by atoms with Gasteiger partial charge in [0.15, 0.2) is 29.0 Å². The number of aldehydes is 1. The number of halogens is 1. The minimum atomic E-state index is -1.96. The molecular weight excluding hydrogens is 820 g/mol. The highest BCUT2D eigenvalue weighted by Crippen LogP contribution is 2.36. The van der Waals surface area contributed by atoms with Gasteiger partial charge in [-0.05, 0) is 56.5 Å². The molecule has 0 aliphatic carbocycles. The lowest BCUT2D eigenvalue weighted by molar-refractivity contribution is -0.135. The number of nitrogens with one attached hydrogen (secondary N) is 4. The molecule has 17 nitrogen and oxygen atoms in total. The number of aromatic nitrogens is 3. The second kappa shape index (κ2) is 20.0. The van der Waals surface area contributed by atoms with E-state index in [1.807, 2.05) is 32.2 Å². The Morgan fingerprint density at radius 3 is 2.66 bits per heavy atom. The van der Waals surface area contributed by atoms with Gasteiger partial charge in [-0.1, -0.05) is 48.1 Å². The van der Waals surface area contributed by atoms with Crippen LogP contribution in [0.5, 0.6) is 5.75 Å². The average molecular weight is 865 g/mol. The van der Waals surface area contributed by atoms with E-state index in [-0.39, 0.29) is 41.6 Å². The van der Waals surface area contributed by atoms with Crippen molar-refractivity contribution in [2.75, 3.05) is 68.5 Å². The molecule has 20 heteroatoms. The molecule has 0 saturated carbocycles. The van der Waals surface area contributed by atoms with Crippen LogP contribution in [0.3, 0.4) is 0 Å². The number of carbonyl (C=O) groups is 5. The number of para-hydroxylation sites is 1. The van der Waals surface area contributed by atoms with Crippen LogP contribution in [0.2, 0.25) is 5.02 Å². The summed E-state index contributed by atoms with van der Waals surface area (Å²) in [6.07, 6.45) is 4.27. The second-order valence-corrected chi connectivity index (χ2v) is 16.4. The Labute approximate surface area is 352 Å². The molecule has 7 rings (SSSR count). The van der Waals surface area contributed by atoms with Gasteiger partial charge in [0.25, 0.3) is 17.7 Å². The van der Waals surface area contributed by atoms with E-state index in [9.17, 15) is 28.2 Å². The van der Waals surface area contributed by atoms with Crippen LogP contribution in [0.4, 0.5) is 22.5 Å². The molecule has 2 saturated heterocycles. The number of hydrogen-bond acceptors (Lipinski definition) is 15. The Bertz CT molecular complexity index is 2240. The molecule has 0 spiro atoms. The zero-order valence-corrected chi connectivity index (χ0v) is 35.2. The fourth-order valence-electron chi connectivity index (χ4n) is 6.84. The molecule has 4 amide bonds. The molecule has 3 aliphatic rings. The molecule has 59 heavy (non-hydrogen) atoms. The van der Waals surface area contributed by atoms with Gasteiger partial charge in [0, 0.05) is 52.3 Å². The molecule has 3 aliphatic heterocycles. The van der Waals surface area contributed by atoms with Crippen molar-refractivity contribution < 1.29 is 32.9 Å². The second-order valence-electron chi connectivity index (χ2n) is 13.6. The maximum atomic E-state index is 13.3. The lowest BCUT2D eigenvalue weighted by Gasteiger charge is -2.27. The summed E-state index contributed by atoms with van der Waals surface area (Å²) >= 11 is 7.19. The van der Waals surface area contributed by atoms with Crippen LogP contribution in [-0.2, 0) is 31.8 Å². The lowest BCUT2D eigenvalue weighted by Crippen LogP contribution is -2.53. The Morgan fingerprint density at radius 1 is 1.12 bits per heavy atom. The molecule has 0 bridgehead atoms. The van der Waals surface area contributed by atoms with Crippen molar-refractivity contribution in [3.05, 3.63) is 75.5 Å². The van der Waals surface area contributed by atoms with Crippen LogP contribution in [0.15, 0.2) is 53.6 Å². The summed E-state index contributed by atoms with van der Waals surface area (Å²) in [7, 11) is -0.0661. The highest BCUT2D eigenvalue weighted by Gasteiger charge is 2.45. The van der Waals surface area contributed by atoms with Gasteiger partial charge in [-0.2, -0.15) is 0 Å². The predicted molar refractivity (Wildman–Crippen MR) is 225 cm³/mol. The summed E-state index contributed by atoms with van der Waals surface area (Å²) in [4.78, 5) is 79.3. The quantitative estimate of drug-likeness (QED) is 0.112. The fraction of sp³-hybridized carbons (Fsp3) is 0.385. The smallest absolute Gasteiger partial charge is 0.271 e. The first-order valence-corrected chi connectivity index (χ1v) is 21.4. The zero-order chi connectivity index (χ0) is 42.1. The van der Waals surface area contributed by atoms with E-state index in [0.29, 0.717) is 34.7 Å². The lowest BCUT2D eigenvalue weighted by atomic mass is 10.1. The number of hydrogen-bond donors (Lipinski definition) is 4. The van der Waals surface area contributed by atoms with Crippen LogP contribution in [0, 0.1) is 6.92 Å². The van der Waals surface area contributed by atoms with E-state index in [0.717, 1.165) is 66.1 Å². The minimum Gasteiger partial charge on any atom is -0.483 e.